The largest absolute Gasteiger partial charge is 0.309 e. The van der Waals surface area contributed by atoms with Crippen LogP contribution in [0.25, 0.3) is 104 Å². The Bertz CT molecular complexity index is 3220. The predicted octanol–water partition coefficient (Wildman–Crippen LogP) is 13.2. The van der Waals surface area contributed by atoms with Gasteiger partial charge < -0.3 is 4.57 Å². The highest BCUT2D eigenvalue weighted by Gasteiger charge is 2.21. The molecule has 246 valence electrons. The average Bonchev–Trinajstić information content (AvgIpc) is 3.59. The lowest BCUT2D eigenvalue weighted by Gasteiger charge is -2.15. The Hall–Kier alpha value is -7.10. The van der Waals surface area contributed by atoms with Crippen molar-refractivity contribution >= 4 is 64.9 Å². The highest BCUT2D eigenvalue weighted by atomic mass is 15.0. The molecule has 2 aromatic heterocycles. The molecule has 0 spiro atoms. The second kappa shape index (κ2) is 11.7. The van der Waals surface area contributed by atoms with Crippen LogP contribution in [0.2, 0.25) is 0 Å². The molecular formula is C50H31N3. The average molecular weight is 674 g/mol. The molecular weight excluding hydrogens is 643 g/mol. The van der Waals surface area contributed by atoms with Gasteiger partial charge in [-0.1, -0.05) is 164 Å². The maximum atomic E-state index is 5.30. The molecule has 11 aromatic rings. The summed E-state index contributed by atoms with van der Waals surface area (Å²) in [7, 11) is 0. The first kappa shape index (κ1) is 29.6. The molecule has 2 heterocycles. The van der Waals surface area contributed by atoms with E-state index in [0.717, 1.165) is 39.2 Å². The first-order valence-electron chi connectivity index (χ1n) is 18.1. The van der Waals surface area contributed by atoms with Gasteiger partial charge in [-0.15, -0.1) is 0 Å². The van der Waals surface area contributed by atoms with Gasteiger partial charge in [-0.25, -0.2) is 9.97 Å². The first-order chi connectivity index (χ1) is 26.3. The summed E-state index contributed by atoms with van der Waals surface area (Å²) in [6, 6.07) is 67.2. The third-order valence-electron chi connectivity index (χ3n) is 10.8. The molecule has 0 radical (unpaired) electrons. The summed E-state index contributed by atoms with van der Waals surface area (Å²) in [4.78, 5) is 10.5. The maximum absolute atomic E-state index is 5.30. The molecule has 0 bridgehead atoms. The Morgan fingerprint density at radius 3 is 1.79 bits per heavy atom. The van der Waals surface area contributed by atoms with E-state index in [1.165, 1.54) is 59.5 Å². The van der Waals surface area contributed by atoms with Gasteiger partial charge in [0.1, 0.15) is 0 Å². The Labute approximate surface area is 306 Å². The SMILES string of the molecule is c1ccc(-c2cc(-c3cccc(-n4c5ccccc5c5c6c7ccccc7ccc6c6ccccc6c54)c3)nc(-c3cccc4ccccc34)n2)cc1. The van der Waals surface area contributed by atoms with Gasteiger partial charge in [0.2, 0.25) is 0 Å². The van der Waals surface area contributed by atoms with Crippen molar-refractivity contribution in [3.63, 3.8) is 0 Å². The van der Waals surface area contributed by atoms with E-state index in [2.05, 4.69) is 187 Å². The number of aromatic nitrogens is 3. The molecule has 0 aliphatic carbocycles. The molecule has 0 N–H and O–H groups in total. The summed E-state index contributed by atoms with van der Waals surface area (Å²) in [5.74, 6) is 0.713. The monoisotopic (exact) mass is 673 g/mol. The molecule has 0 aliphatic rings. The van der Waals surface area contributed by atoms with Crippen LogP contribution in [-0.2, 0) is 0 Å². The van der Waals surface area contributed by atoms with E-state index >= 15 is 0 Å². The fraction of sp³-hybridized carbons (Fsp3) is 0. The molecule has 0 saturated heterocycles. The molecule has 3 nitrogen and oxygen atoms in total. The number of hydrogen-bond donors (Lipinski definition) is 0. The fourth-order valence-electron chi connectivity index (χ4n) is 8.40. The lowest BCUT2D eigenvalue weighted by molar-refractivity contribution is 1.17. The van der Waals surface area contributed by atoms with E-state index in [1.54, 1.807) is 0 Å². The second-order valence-corrected chi connectivity index (χ2v) is 13.7. The standard InChI is InChI=1S/C50H31N3/c1-2-16-34(17-3-1)44-31-45(52-50(51-44)42-26-13-18-32-14-4-6-21-37(32)42)35-19-12-20-36(30-35)53-46-27-11-10-25-43(46)48-47-38-22-7-5-15-33(38)28-29-40(47)39-23-8-9-24-41(39)49(48)53/h1-31H. The van der Waals surface area contributed by atoms with Gasteiger partial charge in [-0.2, -0.15) is 0 Å². The van der Waals surface area contributed by atoms with Crippen LogP contribution in [0.15, 0.2) is 188 Å². The third-order valence-corrected chi connectivity index (χ3v) is 10.8. The van der Waals surface area contributed by atoms with E-state index in [0.29, 0.717) is 5.82 Å². The smallest absolute Gasteiger partial charge is 0.161 e. The molecule has 11 rings (SSSR count). The van der Waals surface area contributed by atoms with Crippen molar-refractivity contribution in [2.45, 2.75) is 0 Å². The second-order valence-electron chi connectivity index (χ2n) is 13.7. The Kier molecular flexibility index (Phi) is 6.55. The summed E-state index contributed by atoms with van der Waals surface area (Å²) in [6.45, 7) is 0. The van der Waals surface area contributed by atoms with Crippen LogP contribution in [0.1, 0.15) is 0 Å². The van der Waals surface area contributed by atoms with E-state index in [9.17, 15) is 0 Å². The van der Waals surface area contributed by atoms with Crippen molar-refractivity contribution in [3.8, 4) is 39.6 Å². The van der Waals surface area contributed by atoms with Crippen LogP contribution in [-0.4, -0.2) is 14.5 Å². The number of benzene rings is 9. The van der Waals surface area contributed by atoms with Crippen molar-refractivity contribution in [3.05, 3.63) is 188 Å². The molecule has 3 heteroatoms. The molecule has 0 aliphatic heterocycles. The van der Waals surface area contributed by atoms with Crippen LogP contribution >= 0.6 is 0 Å². The molecule has 9 aromatic carbocycles. The molecule has 0 amide bonds. The molecule has 0 fully saturated rings. The van der Waals surface area contributed by atoms with Crippen LogP contribution < -0.4 is 0 Å². The van der Waals surface area contributed by atoms with E-state index in [1.807, 2.05) is 6.07 Å². The van der Waals surface area contributed by atoms with E-state index in [4.69, 9.17) is 9.97 Å². The number of hydrogen-bond acceptors (Lipinski definition) is 2. The van der Waals surface area contributed by atoms with Gasteiger partial charge >= 0.3 is 0 Å². The predicted molar refractivity (Wildman–Crippen MR) is 223 cm³/mol. The van der Waals surface area contributed by atoms with Crippen molar-refractivity contribution in [1.82, 2.24) is 14.5 Å². The van der Waals surface area contributed by atoms with Gasteiger partial charge in [-0.3, -0.25) is 0 Å². The van der Waals surface area contributed by atoms with Crippen molar-refractivity contribution in [1.29, 1.82) is 0 Å². The van der Waals surface area contributed by atoms with Crippen molar-refractivity contribution in [2.75, 3.05) is 0 Å². The molecule has 53 heavy (non-hydrogen) atoms. The third kappa shape index (κ3) is 4.61. The van der Waals surface area contributed by atoms with E-state index < -0.39 is 0 Å². The first-order valence-corrected chi connectivity index (χ1v) is 18.1. The number of nitrogens with zero attached hydrogens (tertiary/aromatic N) is 3. The van der Waals surface area contributed by atoms with Crippen LogP contribution in [0.5, 0.6) is 0 Å². The van der Waals surface area contributed by atoms with Crippen molar-refractivity contribution < 1.29 is 0 Å². The maximum Gasteiger partial charge on any atom is 0.161 e. The minimum Gasteiger partial charge on any atom is -0.309 e. The van der Waals surface area contributed by atoms with Gasteiger partial charge in [-0.05, 0) is 56.6 Å². The number of para-hydroxylation sites is 1. The normalized spacial score (nSPS) is 11.8. The Balaban J connectivity index is 1.21. The minimum absolute atomic E-state index is 0.713. The fourth-order valence-corrected chi connectivity index (χ4v) is 8.40. The zero-order valence-corrected chi connectivity index (χ0v) is 28.7. The highest BCUT2D eigenvalue weighted by molar-refractivity contribution is 6.36. The van der Waals surface area contributed by atoms with Gasteiger partial charge in [0, 0.05) is 43.9 Å². The molecule has 0 atom stereocenters. The summed E-state index contributed by atoms with van der Waals surface area (Å²) >= 11 is 0. The quantitative estimate of drug-likeness (QED) is 0.174. The summed E-state index contributed by atoms with van der Waals surface area (Å²) in [5.41, 5.74) is 8.36. The lowest BCUT2D eigenvalue weighted by atomic mass is 9.93. The lowest BCUT2D eigenvalue weighted by Crippen LogP contribution is -1.98. The van der Waals surface area contributed by atoms with Gasteiger partial charge in [0.05, 0.1) is 22.4 Å². The number of rotatable bonds is 4. The topological polar surface area (TPSA) is 30.7 Å². The number of fused-ring (bicyclic) bond motifs is 11. The van der Waals surface area contributed by atoms with Gasteiger partial charge in [0.15, 0.2) is 5.82 Å². The van der Waals surface area contributed by atoms with E-state index in [-0.39, 0.29) is 0 Å². The Morgan fingerprint density at radius 1 is 0.358 bits per heavy atom. The molecule has 0 unspecified atom stereocenters. The van der Waals surface area contributed by atoms with Crippen LogP contribution in [0, 0.1) is 0 Å². The zero-order valence-electron chi connectivity index (χ0n) is 28.7. The van der Waals surface area contributed by atoms with Crippen molar-refractivity contribution in [2.24, 2.45) is 0 Å². The minimum atomic E-state index is 0.713. The molecule has 0 saturated carbocycles. The van der Waals surface area contributed by atoms with Crippen LogP contribution in [0.3, 0.4) is 0 Å². The summed E-state index contributed by atoms with van der Waals surface area (Å²) in [5, 5.41) is 12.4. The highest BCUT2D eigenvalue weighted by Crippen LogP contribution is 2.45. The van der Waals surface area contributed by atoms with Gasteiger partial charge in [0.25, 0.3) is 0 Å². The zero-order chi connectivity index (χ0) is 34.9. The summed E-state index contributed by atoms with van der Waals surface area (Å²) in [6.07, 6.45) is 0. The Morgan fingerprint density at radius 2 is 0.962 bits per heavy atom. The van der Waals surface area contributed by atoms with Crippen LogP contribution in [0.4, 0.5) is 0 Å². The summed E-state index contributed by atoms with van der Waals surface area (Å²) < 4.78 is 2.46.